The highest BCUT2D eigenvalue weighted by molar-refractivity contribution is 7.16. The highest BCUT2D eigenvalue weighted by Gasteiger charge is 2.26. The number of nitrogens with one attached hydrogen (secondary N) is 1. The van der Waals surface area contributed by atoms with Crippen molar-refractivity contribution in [1.29, 1.82) is 5.26 Å². The smallest absolute Gasteiger partial charge is 0.239 e. The molecule has 1 aliphatic heterocycles. The number of thiophene rings is 1. The number of amides is 1. The molecule has 7 heteroatoms. The third-order valence-electron chi connectivity index (χ3n) is 6.68. The lowest BCUT2D eigenvalue weighted by molar-refractivity contribution is -0.117. The zero-order valence-electron chi connectivity index (χ0n) is 19.0. The fourth-order valence-electron chi connectivity index (χ4n) is 4.71. The van der Waals surface area contributed by atoms with E-state index < -0.39 is 0 Å². The minimum Gasteiger partial charge on any atom is -0.497 e. The molecule has 0 radical (unpaired) electrons. The standard InChI is InChI=1S/C25H32N4O2S/c1-3-18-7-8-21-22(15-26)25(32-23(21)14-18)27-24(30)17-29-11-9-28(10-12-29)16-19-5-4-6-20(13-19)31-2/h4-6,13,18H,3,7-12,14,16-17H2,1-2H3,(H,27,30). The van der Waals surface area contributed by atoms with E-state index in [1.807, 2.05) is 12.1 Å². The highest BCUT2D eigenvalue weighted by Crippen LogP contribution is 2.40. The number of nitriles is 1. The predicted octanol–water partition coefficient (Wildman–Crippen LogP) is 3.90. The van der Waals surface area contributed by atoms with Crippen molar-refractivity contribution < 1.29 is 9.53 Å². The molecule has 32 heavy (non-hydrogen) atoms. The Labute approximate surface area is 194 Å². The van der Waals surface area contributed by atoms with Crippen LogP contribution in [-0.4, -0.2) is 55.5 Å². The summed E-state index contributed by atoms with van der Waals surface area (Å²) in [5.41, 5.74) is 3.10. The van der Waals surface area contributed by atoms with Crippen molar-refractivity contribution in [3.63, 3.8) is 0 Å². The van der Waals surface area contributed by atoms with Gasteiger partial charge in [-0.3, -0.25) is 14.6 Å². The van der Waals surface area contributed by atoms with E-state index in [4.69, 9.17) is 4.74 Å². The van der Waals surface area contributed by atoms with Gasteiger partial charge in [-0.1, -0.05) is 25.5 Å². The second-order valence-corrected chi connectivity index (χ2v) is 9.89. The topological polar surface area (TPSA) is 68.6 Å². The van der Waals surface area contributed by atoms with Gasteiger partial charge in [0.1, 0.15) is 16.8 Å². The minimum atomic E-state index is -0.0200. The van der Waals surface area contributed by atoms with Gasteiger partial charge in [0.15, 0.2) is 0 Å². The van der Waals surface area contributed by atoms with E-state index in [0.29, 0.717) is 18.0 Å². The first-order valence-electron chi connectivity index (χ1n) is 11.5. The molecule has 1 atom stereocenters. The van der Waals surface area contributed by atoms with Gasteiger partial charge >= 0.3 is 0 Å². The molecule has 4 rings (SSSR count). The van der Waals surface area contributed by atoms with Crippen molar-refractivity contribution in [2.75, 3.05) is 45.2 Å². The first-order chi connectivity index (χ1) is 15.6. The molecular formula is C25H32N4O2S. The first kappa shape index (κ1) is 22.8. The lowest BCUT2D eigenvalue weighted by atomic mass is 9.86. The summed E-state index contributed by atoms with van der Waals surface area (Å²) in [7, 11) is 1.69. The van der Waals surface area contributed by atoms with E-state index in [1.54, 1.807) is 18.4 Å². The van der Waals surface area contributed by atoms with Crippen molar-refractivity contribution in [2.24, 2.45) is 5.92 Å². The zero-order valence-corrected chi connectivity index (χ0v) is 19.8. The summed E-state index contributed by atoms with van der Waals surface area (Å²) in [6.07, 6.45) is 4.31. The van der Waals surface area contributed by atoms with Crippen molar-refractivity contribution >= 4 is 22.2 Å². The van der Waals surface area contributed by atoms with Crippen LogP contribution in [0.1, 0.15) is 41.3 Å². The molecule has 0 spiro atoms. The second-order valence-electron chi connectivity index (χ2n) is 8.79. The van der Waals surface area contributed by atoms with Gasteiger partial charge in [-0.25, -0.2) is 0 Å². The van der Waals surface area contributed by atoms with E-state index >= 15 is 0 Å². The molecule has 1 amide bonds. The Balaban J connectivity index is 1.28. The lowest BCUT2D eigenvalue weighted by Crippen LogP contribution is -2.48. The molecule has 1 N–H and O–H groups in total. The van der Waals surface area contributed by atoms with Crippen LogP contribution in [0.3, 0.4) is 0 Å². The molecule has 0 saturated carbocycles. The summed E-state index contributed by atoms with van der Waals surface area (Å²) in [5, 5.41) is 13.5. The molecule has 2 aliphatic rings. The Hall–Kier alpha value is -2.40. The summed E-state index contributed by atoms with van der Waals surface area (Å²) < 4.78 is 5.32. The fourth-order valence-corrected chi connectivity index (χ4v) is 6.04. The molecule has 1 aromatic carbocycles. The summed E-state index contributed by atoms with van der Waals surface area (Å²) in [5.74, 6) is 1.56. The molecule has 1 fully saturated rings. The van der Waals surface area contributed by atoms with Crippen LogP contribution < -0.4 is 10.1 Å². The van der Waals surface area contributed by atoms with Gasteiger partial charge < -0.3 is 10.1 Å². The number of hydrogen-bond donors (Lipinski definition) is 1. The lowest BCUT2D eigenvalue weighted by Gasteiger charge is -2.34. The van der Waals surface area contributed by atoms with Crippen molar-refractivity contribution in [3.8, 4) is 11.8 Å². The van der Waals surface area contributed by atoms with E-state index in [0.717, 1.165) is 62.7 Å². The molecular weight excluding hydrogens is 420 g/mol. The average Bonchev–Trinajstić information content (AvgIpc) is 3.16. The monoisotopic (exact) mass is 452 g/mol. The first-order valence-corrected chi connectivity index (χ1v) is 12.3. The number of hydrogen-bond acceptors (Lipinski definition) is 6. The van der Waals surface area contributed by atoms with Crippen molar-refractivity contribution in [1.82, 2.24) is 9.80 Å². The summed E-state index contributed by atoms with van der Waals surface area (Å²) >= 11 is 1.61. The summed E-state index contributed by atoms with van der Waals surface area (Å²) in [6, 6.07) is 10.5. The van der Waals surface area contributed by atoms with E-state index in [2.05, 4.69) is 40.2 Å². The third kappa shape index (κ3) is 5.32. The second kappa shape index (κ2) is 10.5. The number of ether oxygens (including phenoxy) is 1. The van der Waals surface area contributed by atoms with Crippen LogP contribution in [0.25, 0.3) is 0 Å². The van der Waals surface area contributed by atoms with Gasteiger partial charge in [0.25, 0.3) is 0 Å². The number of carbonyl (C=O) groups is 1. The number of methoxy groups -OCH3 is 1. The van der Waals surface area contributed by atoms with E-state index in [1.165, 1.54) is 22.4 Å². The molecule has 2 aromatic rings. The largest absolute Gasteiger partial charge is 0.497 e. The van der Waals surface area contributed by atoms with Gasteiger partial charge in [-0.15, -0.1) is 11.3 Å². The molecule has 1 aromatic heterocycles. The normalized spacial score (nSPS) is 19.2. The average molecular weight is 453 g/mol. The molecule has 170 valence electrons. The summed E-state index contributed by atoms with van der Waals surface area (Å²) in [4.78, 5) is 18.6. The van der Waals surface area contributed by atoms with Gasteiger partial charge in [0.2, 0.25) is 5.91 Å². The Kier molecular flexibility index (Phi) is 7.46. The Bertz CT molecular complexity index is 988. The number of rotatable bonds is 7. The number of carbonyl (C=O) groups excluding carboxylic acids is 1. The van der Waals surface area contributed by atoms with Crippen LogP contribution in [-0.2, 0) is 24.2 Å². The van der Waals surface area contributed by atoms with Gasteiger partial charge in [0.05, 0.1) is 19.2 Å². The van der Waals surface area contributed by atoms with Crippen molar-refractivity contribution in [3.05, 3.63) is 45.8 Å². The Morgan fingerprint density at radius 1 is 1.28 bits per heavy atom. The van der Waals surface area contributed by atoms with E-state index in [-0.39, 0.29) is 5.91 Å². The van der Waals surface area contributed by atoms with Gasteiger partial charge in [-0.05, 0) is 48.4 Å². The highest BCUT2D eigenvalue weighted by atomic mass is 32.1. The molecule has 1 unspecified atom stereocenters. The number of piperazine rings is 1. The third-order valence-corrected chi connectivity index (χ3v) is 7.85. The van der Waals surface area contributed by atoms with Crippen molar-refractivity contribution in [2.45, 2.75) is 39.2 Å². The van der Waals surface area contributed by atoms with Gasteiger partial charge in [-0.2, -0.15) is 5.26 Å². The molecule has 6 nitrogen and oxygen atoms in total. The molecule has 1 saturated heterocycles. The van der Waals surface area contributed by atoms with Crippen LogP contribution in [0, 0.1) is 17.2 Å². The molecule has 2 heterocycles. The fraction of sp³-hybridized carbons (Fsp3) is 0.520. The number of fused-ring (bicyclic) bond motifs is 1. The van der Waals surface area contributed by atoms with Crippen LogP contribution in [0.15, 0.2) is 24.3 Å². The van der Waals surface area contributed by atoms with Crippen LogP contribution >= 0.6 is 11.3 Å². The van der Waals surface area contributed by atoms with Crippen LogP contribution in [0.5, 0.6) is 5.75 Å². The number of benzene rings is 1. The van der Waals surface area contributed by atoms with Crippen LogP contribution in [0.2, 0.25) is 0 Å². The summed E-state index contributed by atoms with van der Waals surface area (Å²) in [6.45, 7) is 7.08. The maximum atomic E-state index is 12.7. The quantitative estimate of drug-likeness (QED) is 0.690. The Morgan fingerprint density at radius 3 is 2.78 bits per heavy atom. The Morgan fingerprint density at radius 2 is 2.06 bits per heavy atom. The molecule has 1 aliphatic carbocycles. The van der Waals surface area contributed by atoms with E-state index in [9.17, 15) is 10.1 Å². The van der Waals surface area contributed by atoms with Gasteiger partial charge in [0, 0.05) is 37.6 Å². The molecule has 0 bridgehead atoms. The maximum Gasteiger partial charge on any atom is 0.239 e. The number of anilines is 1. The SMILES string of the molecule is CCC1CCc2c(sc(NC(=O)CN3CCN(Cc4cccc(OC)c4)CC3)c2C#N)C1. The predicted molar refractivity (Wildman–Crippen MR) is 128 cm³/mol. The number of nitrogens with zero attached hydrogens (tertiary/aromatic N) is 3. The maximum absolute atomic E-state index is 12.7. The van der Waals surface area contributed by atoms with Crippen LogP contribution in [0.4, 0.5) is 5.00 Å². The minimum absolute atomic E-state index is 0.0200. The zero-order chi connectivity index (χ0) is 22.5.